The smallest absolute Gasteiger partial charge is 0.272 e. The van der Waals surface area contributed by atoms with Crippen molar-refractivity contribution in [1.29, 1.82) is 0 Å². The second-order valence-electron chi connectivity index (χ2n) is 2.80. The Balaban J connectivity index is 2.60. The topological polar surface area (TPSA) is 83.0 Å². The summed E-state index contributed by atoms with van der Waals surface area (Å²) < 4.78 is 1.55. The van der Waals surface area contributed by atoms with Crippen molar-refractivity contribution >= 4 is 17.9 Å². The summed E-state index contributed by atoms with van der Waals surface area (Å²) in [5.41, 5.74) is 0.527. The maximum absolute atomic E-state index is 11.3. The fourth-order valence-electron chi connectivity index (χ4n) is 1.21. The molecule has 7 heteroatoms. The summed E-state index contributed by atoms with van der Waals surface area (Å²) in [5.74, 6) is 0. The minimum Gasteiger partial charge on any atom is -0.272 e. The highest BCUT2D eigenvalue weighted by atomic mass is 32.1. The van der Waals surface area contributed by atoms with E-state index in [1.165, 1.54) is 16.7 Å². The molecule has 1 aromatic heterocycles. The zero-order valence-corrected chi connectivity index (χ0v) is 8.25. The molecule has 15 heavy (non-hydrogen) atoms. The number of benzene rings is 1. The molecule has 0 spiro atoms. The highest BCUT2D eigenvalue weighted by molar-refractivity contribution is 7.71. The van der Waals surface area contributed by atoms with Gasteiger partial charge < -0.3 is 0 Å². The van der Waals surface area contributed by atoms with Crippen LogP contribution in [0.5, 0.6) is 0 Å². The third-order valence-electron chi connectivity index (χ3n) is 1.90. The van der Waals surface area contributed by atoms with Crippen LogP contribution in [0.3, 0.4) is 0 Å². The lowest BCUT2D eigenvalue weighted by Gasteiger charge is -1.98. The summed E-state index contributed by atoms with van der Waals surface area (Å²) in [6.07, 6.45) is 0. The molecule has 0 aliphatic rings. The van der Waals surface area contributed by atoms with Crippen molar-refractivity contribution in [1.82, 2.24) is 14.8 Å². The predicted octanol–water partition coefficient (Wildman–Crippen LogP) is 1.62. The van der Waals surface area contributed by atoms with Gasteiger partial charge in [-0.3, -0.25) is 5.10 Å². The van der Waals surface area contributed by atoms with Gasteiger partial charge >= 0.3 is 5.69 Å². The Labute approximate surface area is 88.5 Å². The summed E-state index contributed by atoms with van der Waals surface area (Å²) >= 11 is 4.91. The van der Waals surface area contributed by atoms with Gasteiger partial charge in [0.05, 0.1) is 5.69 Å². The van der Waals surface area contributed by atoms with Crippen molar-refractivity contribution in [2.45, 2.75) is 0 Å². The normalized spacial score (nSPS) is 10.1. The number of aromatic nitrogens is 3. The molecule has 0 aliphatic heterocycles. The molecule has 0 atom stereocenters. The molecule has 6 nitrogen and oxygen atoms in total. The first-order valence-corrected chi connectivity index (χ1v) is 4.46. The number of nitrogens with one attached hydrogen (secondary N) is 2. The van der Waals surface area contributed by atoms with Gasteiger partial charge in [0.1, 0.15) is 5.69 Å². The van der Waals surface area contributed by atoms with Crippen LogP contribution >= 0.6 is 12.2 Å². The van der Waals surface area contributed by atoms with E-state index in [0.29, 0.717) is 11.4 Å². The molecule has 0 unspecified atom stereocenters. The maximum atomic E-state index is 11.3. The number of rotatable bonds is 2. The Kier molecular flexibility index (Phi) is 2.30. The molecule has 0 amide bonds. The zero-order valence-electron chi connectivity index (χ0n) is 7.43. The third-order valence-corrected chi connectivity index (χ3v) is 2.18. The van der Waals surface area contributed by atoms with Crippen LogP contribution < -0.4 is 5.69 Å². The van der Waals surface area contributed by atoms with Crippen molar-refractivity contribution in [3.05, 3.63) is 44.4 Å². The predicted molar refractivity (Wildman–Crippen MR) is 57.0 cm³/mol. The van der Waals surface area contributed by atoms with E-state index in [1.807, 2.05) is 0 Å². The molecule has 1 heterocycles. The minimum atomic E-state index is -0.355. The number of nitroso groups, excluding NO2 is 1. The summed E-state index contributed by atoms with van der Waals surface area (Å²) in [6.45, 7) is 0. The van der Waals surface area contributed by atoms with E-state index < -0.39 is 0 Å². The van der Waals surface area contributed by atoms with E-state index in [1.54, 1.807) is 12.1 Å². The second kappa shape index (κ2) is 3.62. The molecule has 2 aromatic rings. The van der Waals surface area contributed by atoms with Gasteiger partial charge in [-0.05, 0) is 41.7 Å². The van der Waals surface area contributed by atoms with E-state index in [9.17, 15) is 9.70 Å². The third kappa shape index (κ3) is 1.64. The monoisotopic (exact) mass is 222 g/mol. The Morgan fingerprint density at radius 3 is 2.33 bits per heavy atom. The molecule has 2 N–H and O–H groups in total. The largest absolute Gasteiger partial charge is 0.347 e. The molecular weight excluding hydrogens is 216 g/mol. The number of H-pyrrole nitrogens is 2. The quantitative estimate of drug-likeness (QED) is 0.598. The zero-order chi connectivity index (χ0) is 10.8. The fourth-order valence-corrected chi connectivity index (χ4v) is 1.45. The van der Waals surface area contributed by atoms with Crippen LogP contribution in [0.1, 0.15) is 0 Å². The van der Waals surface area contributed by atoms with E-state index in [2.05, 4.69) is 15.4 Å². The van der Waals surface area contributed by atoms with Gasteiger partial charge in [0.15, 0.2) is 0 Å². The van der Waals surface area contributed by atoms with Crippen LogP contribution in [-0.2, 0) is 0 Å². The molecule has 76 valence electrons. The molecule has 0 saturated carbocycles. The van der Waals surface area contributed by atoms with Crippen molar-refractivity contribution in [2.24, 2.45) is 5.18 Å². The first-order chi connectivity index (χ1) is 7.22. The molecule has 1 aromatic carbocycles. The standard InChI is InChI=1S/C8H6N4O2S/c13-7-9-10-8(15)12(7)6-3-1-5(11-14)2-4-6/h1-4H,(H,9,13)(H,10,15). The van der Waals surface area contributed by atoms with Gasteiger partial charge in [-0.1, -0.05) is 0 Å². The van der Waals surface area contributed by atoms with E-state index >= 15 is 0 Å². The number of nitrogens with zero attached hydrogens (tertiary/aromatic N) is 2. The highest BCUT2D eigenvalue weighted by Gasteiger charge is 2.02. The second-order valence-corrected chi connectivity index (χ2v) is 3.19. The van der Waals surface area contributed by atoms with Crippen molar-refractivity contribution < 1.29 is 0 Å². The number of aromatic amines is 2. The lowest BCUT2D eigenvalue weighted by atomic mass is 10.3. The van der Waals surface area contributed by atoms with Crippen molar-refractivity contribution in [3.63, 3.8) is 0 Å². The van der Waals surface area contributed by atoms with Gasteiger partial charge in [0.25, 0.3) is 0 Å². The molecule has 0 bridgehead atoms. The van der Waals surface area contributed by atoms with Gasteiger partial charge in [0.2, 0.25) is 4.77 Å². The van der Waals surface area contributed by atoms with Gasteiger partial charge in [0, 0.05) is 0 Å². The Morgan fingerprint density at radius 2 is 1.87 bits per heavy atom. The molecule has 0 radical (unpaired) electrons. The Hall–Kier alpha value is -2.02. The van der Waals surface area contributed by atoms with Crippen LogP contribution in [0.15, 0.2) is 34.2 Å². The Bertz CT molecular complexity index is 565. The number of hydrogen-bond acceptors (Lipinski definition) is 4. The van der Waals surface area contributed by atoms with E-state index in [0.717, 1.165) is 0 Å². The van der Waals surface area contributed by atoms with Crippen LogP contribution in [0.4, 0.5) is 5.69 Å². The molecular formula is C8H6N4O2S. The summed E-state index contributed by atoms with van der Waals surface area (Å²) in [4.78, 5) is 21.5. The fraction of sp³-hybridized carbons (Fsp3) is 0. The van der Waals surface area contributed by atoms with Gasteiger partial charge in [-0.25, -0.2) is 14.5 Å². The molecule has 0 aliphatic carbocycles. The van der Waals surface area contributed by atoms with Gasteiger partial charge in [-0.15, -0.1) is 4.91 Å². The average molecular weight is 222 g/mol. The maximum Gasteiger partial charge on any atom is 0.347 e. The first-order valence-electron chi connectivity index (χ1n) is 4.06. The van der Waals surface area contributed by atoms with Crippen LogP contribution in [0, 0.1) is 9.68 Å². The Morgan fingerprint density at radius 1 is 1.20 bits per heavy atom. The lowest BCUT2D eigenvalue weighted by molar-refractivity contribution is 0.975. The summed E-state index contributed by atoms with van der Waals surface area (Å²) in [7, 11) is 0. The molecule has 0 saturated heterocycles. The molecule has 0 fully saturated rings. The lowest BCUT2D eigenvalue weighted by Crippen LogP contribution is -2.14. The van der Waals surface area contributed by atoms with Crippen molar-refractivity contribution in [2.75, 3.05) is 0 Å². The van der Waals surface area contributed by atoms with Crippen LogP contribution in [0.2, 0.25) is 0 Å². The summed E-state index contributed by atoms with van der Waals surface area (Å²) in [6, 6.07) is 6.21. The first kappa shape index (κ1) is 9.53. The SMILES string of the molecule is O=Nc1ccc(-n2c(=O)[nH][nH]c2=S)cc1. The molecule has 2 rings (SSSR count). The van der Waals surface area contributed by atoms with E-state index in [-0.39, 0.29) is 10.5 Å². The number of hydrogen-bond donors (Lipinski definition) is 2. The minimum absolute atomic E-state index is 0.270. The van der Waals surface area contributed by atoms with Crippen LogP contribution in [0.25, 0.3) is 5.69 Å². The highest BCUT2D eigenvalue weighted by Crippen LogP contribution is 2.14. The summed E-state index contributed by atoms with van der Waals surface area (Å²) in [5, 5.41) is 7.63. The average Bonchev–Trinajstić information content (AvgIpc) is 2.59. The van der Waals surface area contributed by atoms with Gasteiger partial charge in [-0.2, -0.15) is 0 Å². The van der Waals surface area contributed by atoms with E-state index in [4.69, 9.17) is 12.2 Å². The van der Waals surface area contributed by atoms with Crippen LogP contribution in [-0.4, -0.2) is 14.8 Å². The van der Waals surface area contributed by atoms with Crippen molar-refractivity contribution in [3.8, 4) is 5.69 Å².